The fourth-order valence-corrected chi connectivity index (χ4v) is 14.4. The first-order valence-electron chi connectivity index (χ1n) is 12.6. The number of carbonyl (C=O) groups excluding carboxylic acids is 1. The Balaban J connectivity index is 2.01. The summed E-state index contributed by atoms with van der Waals surface area (Å²) < 4.78 is 6.01. The summed E-state index contributed by atoms with van der Waals surface area (Å²) >= 11 is 0. The Bertz CT molecular complexity index is 555. The molecule has 1 aliphatic heterocycles. The lowest BCUT2D eigenvalue weighted by Gasteiger charge is -2.54. The minimum Gasteiger partial charge on any atom is -0.461 e. The van der Waals surface area contributed by atoms with Gasteiger partial charge in [-0.2, -0.15) is 0 Å². The maximum Gasteiger partial charge on any atom is 0.314 e. The molecule has 29 heavy (non-hydrogen) atoms. The van der Waals surface area contributed by atoms with Gasteiger partial charge in [-0.15, -0.1) is 0 Å². The van der Waals surface area contributed by atoms with E-state index in [1.807, 2.05) is 0 Å². The Hall–Kier alpha value is -0.573. The summed E-state index contributed by atoms with van der Waals surface area (Å²) in [6, 6.07) is 0. The molecule has 1 fully saturated rings. The molecule has 3 atom stereocenters. The molecule has 0 spiro atoms. The third-order valence-corrected chi connectivity index (χ3v) is 15.4. The lowest BCUT2D eigenvalue weighted by atomic mass is 9.65. The fraction of sp³-hybridized carbons (Fsp3) is 0.885. The number of carbonyl (C=O) groups is 1. The molecule has 2 nitrogen and oxygen atoms in total. The van der Waals surface area contributed by atoms with E-state index in [1.165, 1.54) is 56.6 Å². The molecule has 168 valence electrons. The topological polar surface area (TPSA) is 26.3 Å². The molecule has 1 saturated heterocycles. The standard InChI is InChI=1S/C26H48O2Si/c1-9-10-11-12-13-14-15-16-17-23-26(8)18-22(24(26)25(27)28-23)29(19(2)3,20(4)5)21(6)7/h18-21,23-24H,9-17H2,1-8H3/t23-,24+,26-/m1/s1. The van der Waals surface area contributed by atoms with Crippen LogP contribution in [0.15, 0.2) is 11.3 Å². The third kappa shape index (κ3) is 4.55. The second-order valence-corrected chi connectivity index (χ2v) is 16.9. The van der Waals surface area contributed by atoms with Crippen LogP contribution in [0.25, 0.3) is 0 Å². The summed E-state index contributed by atoms with van der Waals surface area (Å²) in [5.41, 5.74) is 1.90. The van der Waals surface area contributed by atoms with Crippen LogP contribution in [0, 0.1) is 11.3 Å². The third-order valence-electron chi connectivity index (χ3n) is 8.27. The number of unbranched alkanes of at least 4 members (excludes halogenated alkanes) is 7. The summed E-state index contributed by atoms with van der Waals surface area (Å²) in [7, 11) is -1.75. The first-order valence-corrected chi connectivity index (χ1v) is 14.8. The normalized spacial score (nSPS) is 26.7. The van der Waals surface area contributed by atoms with Crippen molar-refractivity contribution in [3.8, 4) is 0 Å². The van der Waals surface area contributed by atoms with Gasteiger partial charge in [-0.05, 0) is 29.5 Å². The molecule has 0 saturated carbocycles. The molecule has 0 amide bonds. The molecular weight excluding hydrogens is 372 g/mol. The van der Waals surface area contributed by atoms with E-state index in [1.54, 1.807) is 0 Å². The van der Waals surface area contributed by atoms with Crippen molar-refractivity contribution in [1.82, 2.24) is 0 Å². The maximum atomic E-state index is 13.0. The van der Waals surface area contributed by atoms with Crippen molar-refractivity contribution in [2.45, 2.75) is 136 Å². The molecule has 0 unspecified atom stereocenters. The van der Waals surface area contributed by atoms with Gasteiger partial charge in [-0.3, -0.25) is 4.79 Å². The molecule has 0 aromatic carbocycles. The molecule has 1 aliphatic carbocycles. The quantitative estimate of drug-likeness (QED) is 0.170. The van der Waals surface area contributed by atoms with Crippen molar-refractivity contribution in [1.29, 1.82) is 0 Å². The summed E-state index contributed by atoms with van der Waals surface area (Å²) in [5, 5.41) is 1.52. The van der Waals surface area contributed by atoms with Crippen LogP contribution in [0.2, 0.25) is 16.6 Å². The molecule has 2 rings (SSSR count). The van der Waals surface area contributed by atoms with Crippen molar-refractivity contribution in [3.05, 3.63) is 11.3 Å². The molecule has 2 aliphatic rings. The van der Waals surface area contributed by atoms with E-state index in [4.69, 9.17) is 4.74 Å². The number of ether oxygens (including phenoxy) is 1. The van der Waals surface area contributed by atoms with Crippen LogP contribution in [0.5, 0.6) is 0 Å². The van der Waals surface area contributed by atoms with E-state index in [-0.39, 0.29) is 23.4 Å². The molecule has 0 aromatic heterocycles. The predicted molar refractivity (Wildman–Crippen MR) is 128 cm³/mol. The molecule has 1 heterocycles. The van der Waals surface area contributed by atoms with Crippen LogP contribution < -0.4 is 0 Å². The Labute approximate surface area is 182 Å². The zero-order chi connectivity index (χ0) is 21.8. The summed E-state index contributed by atoms with van der Waals surface area (Å²) in [4.78, 5) is 13.0. The van der Waals surface area contributed by atoms with Gasteiger partial charge in [-0.25, -0.2) is 0 Å². The van der Waals surface area contributed by atoms with Gasteiger partial charge in [0.2, 0.25) is 0 Å². The van der Waals surface area contributed by atoms with Crippen LogP contribution in [0.1, 0.15) is 113 Å². The highest BCUT2D eigenvalue weighted by molar-refractivity contribution is 6.90. The number of fused-ring (bicyclic) bond motifs is 1. The average Bonchev–Trinajstić information content (AvgIpc) is 2.79. The largest absolute Gasteiger partial charge is 0.461 e. The van der Waals surface area contributed by atoms with Crippen LogP contribution in [-0.4, -0.2) is 20.1 Å². The summed E-state index contributed by atoms with van der Waals surface area (Å²) in [6.45, 7) is 18.9. The summed E-state index contributed by atoms with van der Waals surface area (Å²) in [5.74, 6) is 0.119. The highest BCUT2D eigenvalue weighted by Crippen LogP contribution is 2.62. The van der Waals surface area contributed by atoms with Crippen LogP contribution in [0.4, 0.5) is 0 Å². The van der Waals surface area contributed by atoms with E-state index in [0.29, 0.717) is 16.6 Å². The number of hydrogen-bond acceptors (Lipinski definition) is 2. The number of cyclic esters (lactones) is 1. The monoisotopic (exact) mass is 420 g/mol. The van der Waals surface area contributed by atoms with Gasteiger partial charge >= 0.3 is 5.97 Å². The second kappa shape index (κ2) is 10.2. The SMILES string of the molecule is CCCCCCCCCC[C@H]1OC(=O)[C@@H]2C([Si](C(C)C)(C(C)C)C(C)C)=C[C@@]21C. The first-order chi connectivity index (χ1) is 13.6. The Morgan fingerprint density at radius 1 is 0.897 bits per heavy atom. The number of rotatable bonds is 13. The van der Waals surface area contributed by atoms with Gasteiger partial charge in [0.1, 0.15) is 6.10 Å². The Morgan fingerprint density at radius 3 is 1.86 bits per heavy atom. The lowest BCUT2D eigenvalue weighted by molar-refractivity contribution is -0.143. The smallest absolute Gasteiger partial charge is 0.314 e. The maximum absolute atomic E-state index is 13.0. The molecule has 0 radical (unpaired) electrons. The van der Waals surface area contributed by atoms with Gasteiger partial charge in [0, 0.05) is 5.41 Å². The zero-order valence-corrected chi connectivity index (χ0v) is 21.6. The Kier molecular flexibility index (Phi) is 8.65. The fourth-order valence-electron chi connectivity index (χ4n) is 6.94. The minimum atomic E-state index is -1.75. The van der Waals surface area contributed by atoms with Crippen LogP contribution in [-0.2, 0) is 9.53 Å². The average molecular weight is 421 g/mol. The van der Waals surface area contributed by atoms with E-state index >= 15 is 0 Å². The van der Waals surface area contributed by atoms with Crippen molar-refractivity contribution < 1.29 is 9.53 Å². The summed E-state index contributed by atoms with van der Waals surface area (Å²) in [6.07, 6.45) is 14.3. The lowest BCUT2D eigenvalue weighted by Crippen LogP contribution is -2.56. The molecular formula is C26H48O2Si. The second-order valence-electron chi connectivity index (χ2n) is 11.0. The Morgan fingerprint density at radius 2 is 1.38 bits per heavy atom. The van der Waals surface area contributed by atoms with Gasteiger partial charge in [-0.1, -0.05) is 112 Å². The van der Waals surface area contributed by atoms with Gasteiger partial charge in [0.15, 0.2) is 0 Å². The van der Waals surface area contributed by atoms with Gasteiger partial charge in [0.25, 0.3) is 0 Å². The van der Waals surface area contributed by atoms with Gasteiger partial charge < -0.3 is 4.74 Å². The van der Waals surface area contributed by atoms with E-state index < -0.39 is 8.07 Å². The van der Waals surface area contributed by atoms with E-state index in [9.17, 15) is 4.79 Å². The van der Waals surface area contributed by atoms with E-state index in [2.05, 4.69) is 61.5 Å². The highest BCUT2D eigenvalue weighted by atomic mass is 28.3. The molecule has 0 bridgehead atoms. The van der Waals surface area contributed by atoms with E-state index in [0.717, 1.165) is 6.42 Å². The molecule has 0 N–H and O–H groups in total. The molecule has 3 heteroatoms. The van der Waals surface area contributed by atoms with Crippen LogP contribution >= 0.6 is 0 Å². The molecule has 0 aromatic rings. The van der Waals surface area contributed by atoms with Crippen molar-refractivity contribution in [3.63, 3.8) is 0 Å². The van der Waals surface area contributed by atoms with Crippen molar-refractivity contribution >= 4 is 14.0 Å². The first kappa shape index (κ1) is 24.7. The van der Waals surface area contributed by atoms with Crippen molar-refractivity contribution in [2.24, 2.45) is 11.3 Å². The highest BCUT2D eigenvalue weighted by Gasteiger charge is 2.65. The van der Waals surface area contributed by atoms with Gasteiger partial charge in [0.05, 0.1) is 14.0 Å². The predicted octanol–water partition coefficient (Wildman–Crippen LogP) is 8.22. The number of esters is 1. The van der Waals surface area contributed by atoms with Crippen molar-refractivity contribution in [2.75, 3.05) is 0 Å². The van der Waals surface area contributed by atoms with Crippen LogP contribution in [0.3, 0.4) is 0 Å². The zero-order valence-electron chi connectivity index (χ0n) is 20.6. The number of hydrogen-bond donors (Lipinski definition) is 0. The minimum absolute atomic E-state index is 0.0420.